The molecule has 0 atom stereocenters. The number of piperazine rings is 1. The molecule has 0 unspecified atom stereocenters. The van der Waals surface area contributed by atoms with Crippen molar-refractivity contribution in [1.29, 1.82) is 5.26 Å². The van der Waals surface area contributed by atoms with E-state index in [2.05, 4.69) is 43.7 Å². The quantitative estimate of drug-likeness (QED) is 0.718. The van der Waals surface area contributed by atoms with Crippen LogP contribution in [-0.2, 0) is 0 Å². The number of nitrogens with one attached hydrogen (secondary N) is 2. The lowest BCUT2D eigenvalue weighted by Gasteiger charge is -2.36. The van der Waals surface area contributed by atoms with Crippen molar-refractivity contribution in [3.05, 3.63) is 46.6 Å². The highest BCUT2D eigenvalue weighted by molar-refractivity contribution is 6.32. The average molecular weight is 454 g/mol. The summed E-state index contributed by atoms with van der Waals surface area (Å²) in [6.07, 6.45) is 3.73. The first-order valence-electron chi connectivity index (χ1n) is 11.1. The fraction of sp³-hybridized carbons (Fsp3) is 0.478. The first-order valence-corrected chi connectivity index (χ1v) is 11.5. The van der Waals surface area contributed by atoms with Crippen LogP contribution in [0.4, 0.5) is 11.5 Å². The van der Waals surface area contributed by atoms with Gasteiger partial charge in [0.15, 0.2) is 11.5 Å². The van der Waals surface area contributed by atoms with Crippen LogP contribution < -0.4 is 20.4 Å². The number of carbonyl (C=O) groups is 1. The Morgan fingerprint density at radius 1 is 1.19 bits per heavy atom. The SMILES string of the molecule is CN(c1ccc(C#N)c(Cl)c1)C1CCC(NC(=O)c2ccc(N3CCNCC3)nn2)CC1. The van der Waals surface area contributed by atoms with Gasteiger partial charge < -0.3 is 20.4 Å². The first kappa shape index (κ1) is 22.3. The van der Waals surface area contributed by atoms with Crippen molar-refractivity contribution in [1.82, 2.24) is 20.8 Å². The molecule has 1 aromatic carbocycles. The third-order valence-electron chi connectivity index (χ3n) is 6.38. The van der Waals surface area contributed by atoms with E-state index in [9.17, 15) is 4.79 Å². The van der Waals surface area contributed by atoms with Crippen molar-refractivity contribution in [3.8, 4) is 6.07 Å². The second-order valence-corrected chi connectivity index (χ2v) is 8.79. The van der Waals surface area contributed by atoms with Crippen LogP contribution in [0.3, 0.4) is 0 Å². The minimum absolute atomic E-state index is 0.131. The van der Waals surface area contributed by atoms with Crippen LogP contribution in [0.1, 0.15) is 41.7 Å². The van der Waals surface area contributed by atoms with E-state index in [0.717, 1.165) is 63.4 Å². The lowest BCUT2D eigenvalue weighted by molar-refractivity contribution is 0.0919. The molecule has 168 valence electrons. The van der Waals surface area contributed by atoms with Gasteiger partial charge in [0.2, 0.25) is 0 Å². The van der Waals surface area contributed by atoms with Gasteiger partial charge in [-0.3, -0.25) is 4.79 Å². The molecule has 0 bridgehead atoms. The van der Waals surface area contributed by atoms with Crippen LogP contribution >= 0.6 is 11.6 Å². The minimum atomic E-state index is -0.167. The zero-order valence-corrected chi connectivity index (χ0v) is 19.0. The van der Waals surface area contributed by atoms with E-state index in [1.165, 1.54) is 0 Å². The maximum absolute atomic E-state index is 12.6. The van der Waals surface area contributed by atoms with Gasteiger partial charge in [0.1, 0.15) is 6.07 Å². The van der Waals surface area contributed by atoms with E-state index in [1.807, 2.05) is 18.2 Å². The number of carbonyl (C=O) groups excluding carboxylic acids is 1. The number of halogens is 1. The summed E-state index contributed by atoms with van der Waals surface area (Å²) >= 11 is 6.19. The Labute approximate surface area is 193 Å². The highest BCUT2D eigenvalue weighted by atomic mass is 35.5. The second kappa shape index (κ2) is 10.2. The van der Waals surface area contributed by atoms with Crippen LogP contribution in [0, 0.1) is 11.3 Å². The van der Waals surface area contributed by atoms with E-state index in [-0.39, 0.29) is 11.9 Å². The van der Waals surface area contributed by atoms with Crippen molar-refractivity contribution in [2.75, 3.05) is 43.0 Å². The van der Waals surface area contributed by atoms with Gasteiger partial charge in [0.25, 0.3) is 5.91 Å². The topological polar surface area (TPSA) is 97.2 Å². The van der Waals surface area contributed by atoms with Gasteiger partial charge in [-0.1, -0.05) is 11.6 Å². The summed E-state index contributed by atoms with van der Waals surface area (Å²) in [7, 11) is 2.05. The zero-order valence-electron chi connectivity index (χ0n) is 18.2. The van der Waals surface area contributed by atoms with E-state index in [0.29, 0.717) is 22.3 Å². The van der Waals surface area contributed by atoms with Gasteiger partial charge in [-0.25, -0.2) is 0 Å². The predicted molar refractivity (Wildman–Crippen MR) is 125 cm³/mol. The maximum atomic E-state index is 12.6. The molecule has 1 aliphatic heterocycles. The van der Waals surface area contributed by atoms with Crippen LogP contribution in [0.25, 0.3) is 0 Å². The summed E-state index contributed by atoms with van der Waals surface area (Å²) in [5.41, 5.74) is 1.84. The number of benzene rings is 1. The Morgan fingerprint density at radius 2 is 1.94 bits per heavy atom. The van der Waals surface area contributed by atoms with Crippen LogP contribution in [0.15, 0.2) is 30.3 Å². The van der Waals surface area contributed by atoms with Crippen molar-refractivity contribution in [2.24, 2.45) is 0 Å². The van der Waals surface area contributed by atoms with E-state index < -0.39 is 0 Å². The predicted octanol–water partition coefficient (Wildman–Crippen LogP) is 2.59. The van der Waals surface area contributed by atoms with E-state index >= 15 is 0 Å². The smallest absolute Gasteiger partial charge is 0.272 e. The summed E-state index contributed by atoms with van der Waals surface area (Å²) in [6, 6.07) is 11.8. The van der Waals surface area contributed by atoms with Crippen LogP contribution in [0.2, 0.25) is 5.02 Å². The van der Waals surface area contributed by atoms with Crippen molar-refractivity contribution >= 4 is 29.0 Å². The van der Waals surface area contributed by atoms with Crippen molar-refractivity contribution < 1.29 is 4.79 Å². The molecule has 2 fully saturated rings. The number of hydrogen-bond donors (Lipinski definition) is 2. The number of hydrogen-bond acceptors (Lipinski definition) is 7. The molecule has 1 aromatic heterocycles. The molecular weight excluding hydrogens is 426 g/mol. The molecule has 1 saturated carbocycles. The molecule has 1 aliphatic carbocycles. The molecule has 2 aromatic rings. The van der Waals surface area contributed by atoms with Gasteiger partial charge in [-0.15, -0.1) is 10.2 Å². The second-order valence-electron chi connectivity index (χ2n) is 8.38. The highest BCUT2D eigenvalue weighted by Crippen LogP contribution is 2.29. The lowest BCUT2D eigenvalue weighted by Crippen LogP contribution is -2.44. The Hall–Kier alpha value is -2.89. The third kappa shape index (κ3) is 5.12. The number of anilines is 2. The largest absolute Gasteiger partial charge is 0.372 e. The Kier molecular flexibility index (Phi) is 7.08. The van der Waals surface area contributed by atoms with Crippen molar-refractivity contribution in [3.63, 3.8) is 0 Å². The van der Waals surface area contributed by atoms with Crippen LogP contribution in [-0.4, -0.2) is 61.4 Å². The molecule has 1 amide bonds. The van der Waals surface area contributed by atoms with Crippen molar-refractivity contribution in [2.45, 2.75) is 37.8 Å². The fourth-order valence-electron chi connectivity index (χ4n) is 4.40. The average Bonchev–Trinajstić information content (AvgIpc) is 2.84. The number of amides is 1. The summed E-state index contributed by atoms with van der Waals surface area (Å²) in [5.74, 6) is 0.648. The van der Waals surface area contributed by atoms with Gasteiger partial charge in [0, 0.05) is 51.0 Å². The summed E-state index contributed by atoms with van der Waals surface area (Å²) in [4.78, 5) is 17.0. The Morgan fingerprint density at radius 3 is 2.56 bits per heavy atom. The van der Waals surface area contributed by atoms with Gasteiger partial charge in [-0.2, -0.15) is 5.26 Å². The molecule has 0 radical (unpaired) electrons. The molecule has 2 aliphatic rings. The lowest BCUT2D eigenvalue weighted by atomic mass is 9.90. The molecule has 0 spiro atoms. The van der Waals surface area contributed by atoms with Crippen LogP contribution in [0.5, 0.6) is 0 Å². The number of aromatic nitrogens is 2. The summed E-state index contributed by atoms with van der Waals surface area (Å²) < 4.78 is 0. The molecular formula is C23H28ClN7O. The van der Waals surface area contributed by atoms with Gasteiger partial charge in [-0.05, 0) is 56.0 Å². The maximum Gasteiger partial charge on any atom is 0.272 e. The number of rotatable bonds is 5. The molecule has 2 N–H and O–H groups in total. The Bertz CT molecular complexity index is 977. The molecule has 9 heteroatoms. The third-order valence-corrected chi connectivity index (χ3v) is 6.70. The van der Waals surface area contributed by atoms with Gasteiger partial charge >= 0.3 is 0 Å². The first-order chi connectivity index (χ1) is 15.5. The highest BCUT2D eigenvalue weighted by Gasteiger charge is 2.26. The van der Waals surface area contributed by atoms with Gasteiger partial charge in [0.05, 0.1) is 10.6 Å². The molecule has 8 nitrogen and oxygen atoms in total. The van der Waals surface area contributed by atoms with E-state index in [4.69, 9.17) is 16.9 Å². The zero-order chi connectivity index (χ0) is 22.5. The molecule has 4 rings (SSSR count). The summed E-state index contributed by atoms with van der Waals surface area (Å²) in [6.45, 7) is 3.65. The normalized spacial score (nSPS) is 21.0. The summed E-state index contributed by atoms with van der Waals surface area (Å²) in [5, 5.41) is 24.4. The Balaban J connectivity index is 1.28. The molecule has 2 heterocycles. The number of nitrogens with zero attached hydrogens (tertiary/aromatic N) is 5. The monoisotopic (exact) mass is 453 g/mol. The number of nitriles is 1. The molecule has 1 saturated heterocycles. The minimum Gasteiger partial charge on any atom is -0.372 e. The standard InChI is InChI=1S/C23H28ClN7O/c1-30(19-5-2-16(15-25)20(24)14-19)18-6-3-17(4-7-18)27-23(32)21-8-9-22(29-28-21)31-12-10-26-11-13-31/h2,5,8-9,14,17-18,26H,3-4,6-7,10-13H2,1H3,(H,27,32). The molecule has 32 heavy (non-hydrogen) atoms. The fourth-order valence-corrected chi connectivity index (χ4v) is 4.62. The van der Waals surface area contributed by atoms with E-state index in [1.54, 1.807) is 12.1 Å².